The Kier molecular flexibility index (Phi) is 25.6. The summed E-state index contributed by atoms with van der Waals surface area (Å²) < 4.78 is 29.8. The molecule has 9 rings (SSSR count). The number of halogens is 2. The standard InChI is InChI=1S/C67H77F2N15O13S2/c68-41-9-13-47-45(24-41)39(28-73-47)22-50-62(92)79-51(23-40-29-74-48-14-10-42(69)25-46(40)48)63(93)81-53(27-59(88)89)65(95)80-52(26-43-30-72-35-76-43)64(94)82-54(21-36-7-11-44(85)12-8-36)67(97)84-18-15-56(84)66(96)83-55(60(71)90)34-99-33-38-5-3-4-37(20-38)32-98-19-16-57(86)77-49(6-1-2-17-70)61(91)75-31-58(87)78-50/h3-5,7-14,20,24-25,28-30,35,49-56,73-74,85H,1-2,6,15-19,21-23,26-27,31-34,70H2,(H2,71,90)(H,72,76)(H,75,91)(H,77,86)(H,78,87)(H,79,92)(H,80,95)(H,81,93)(H,82,94)(H,83,96)(H,88,89)/t49-,50-,51-,52-,53-,54-,55-,56-/m0/s1. The number of phenols is 1. The van der Waals surface area contributed by atoms with Crippen molar-refractivity contribution in [2.24, 2.45) is 11.5 Å². The average molecular weight is 1400 g/mol. The van der Waals surface area contributed by atoms with Crippen molar-refractivity contribution in [2.75, 3.05) is 31.1 Å². The Labute approximate surface area is 574 Å². The third-order valence-electron chi connectivity index (χ3n) is 16.8. The molecule has 3 aromatic heterocycles. The first-order valence-electron chi connectivity index (χ1n) is 32.0. The molecule has 0 saturated carbocycles. The summed E-state index contributed by atoms with van der Waals surface area (Å²) >= 11 is 2.78. The van der Waals surface area contributed by atoms with Gasteiger partial charge in [0.1, 0.15) is 65.7 Å². The fourth-order valence-electron chi connectivity index (χ4n) is 11.5. The minimum Gasteiger partial charge on any atom is -0.508 e. The summed E-state index contributed by atoms with van der Waals surface area (Å²) in [5.41, 5.74) is 15.4. The Morgan fingerprint density at radius 3 is 1.79 bits per heavy atom. The number of hydrogen-bond donors (Lipinski definition) is 15. The lowest BCUT2D eigenvalue weighted by atomic mass is 9.97. The Balaban J connectivity index is 1.04. The molecule has 99 heavy (non-hydrogen) atoms. The number of phenolic OH excluding ortho intramolecular Hbond substituents is 1. The number of aromatic amines is 3. The van der Waals surface area contributed by atoms with Crippen molar-refractivity contribution < 1.29 is 71.7 Å². The van der Waals surface area contributed by atoms with Gasteiger partial charge >= 0.3 is 5.97 Å². The molecule has 0 aliphatic carbocycles. The quantitative estimate of drug-likeness (QED) is 0.0645. The van der Waals surface area contributed by atoms with Crippen molar-refractivity contribution in [1.82, 2.24) is 67.4 Å². The van der Waals surface area contributed by atoms with Crippen molar-refractivity contribution in [3.05, 3.63) is 155 Å². The van der Waals surface area contributed by atoms with E-state index in [1.54, 1.807) is 0 Å². The van der Waals surface area contributed by atoms with Crippen LogP contribution in [-0.4, -0.2) is 180 Å². The summed E-state index contributed by atoms with van der Waals surface area (Å²) in [5.74, 6) is -10.7. The molecule has 0 unspecified atom stereocenters. The van der Waals surface area contributed by atoms with Gasteiger partial charge in [0.2, 0.25) is 59.1 Å². The minimum absolute atomic E-state index is 0.0104. The second kappa shape index (κ2) is 34.7. The van der Waals surface area contributed by atoms with E-state index in [1.165, 1.54) is 108 Å². The first-order chi connectivity index (χ1) is 47.6. The summed E-state index contributed by atoms with van der Waals surface area (Å²) in [5, 5.41) is 41.8. The van der Waals surface area contributed by atoms with E-state index in [4.69, 9.17) is 11.5 Å². The van der Waals surface area contributed by atoms with Crippen molar-refractivity contribution >= 4 is 110 Å². The summed E-state index contributed by atoms with van der Waals surface area (Å²) in [6.45, 7) is -0.410. The second-order valence-electron chi connectivity index (χ2n) is 24.1. The van der Waals surface area contributed by atoms with Crippen LogP contribution in [0.4, 0.5) is 8.78 Å². The number of imidazole rings is 1. The summed E-state index contributed by atoms with van der Waals surface area (Å²) in [7, 11) is 0. The Hall–Kier alpha value is -10.3. The molecular weight excluding hydrogens is 1320 g/mol. The first-order valence-corrected chi connectivity index (χ1v) is 34.3. The van der Waals surface area contributed by atoms with Crippen LogP contribution in [0.5, 0.6) is 5.75 Å². The maximum absolute atomic E-state index is 15.0. The number of aromatic hydroxyl groups is 1. The molecule has 17 N–H and O–H groups in total. The van der Waals surface area contributed by atoms with Crippen LogP contribution in [0.3, 0.4) is 0 Å². The molecule has 2 bridgehead atoms. The van der Waals surface area contributed by atoms with Gasteiger partial charge in [-0.3, -0.25) is 52.7 Å². The number of fused-ring (bicyclic) bond motifs is 5. The molecule has 524 valence electrons. The number of nitrogens with zero attached hydrogens (tertiary/aromatic N) is 2. The lowest BCUT2D eigenvalue weighted by Crippen LogP contribution is -2.65. The van der Waals surface area contributed by atoms with Crippen LogP contribution in [0, 0.1) is 11.6 Å². The number of unbranched alkanes of at least 4 members (excludes halogenated alkanes) is 1. The first kappa shape index (κ1) is 72.9. The van der Waals surface area contributed by atoms with Crippen molar-refractivity contribution in [3.8, 4) is 5.75 Å². The van der Waals surface area contributed by atoms with Crippen molar-refractivity contribution in [3.63, 3.8) is 0 Å². The zero-order chi connectivity index (χ0) is 70.7. The monoisotopic (exact) mass is 1400 g/mol. The number of amides is 10. The Bertz CT molecular complexity index is 4080. The highest BCUT2D eigenvalue weighted by atomic mass is 32.2. The van der Waals surface area contributed by atoms with E-state index in [0.29, 0.717) is 64.2 Å². The van der Waals surface area contributed by atoms with Gasteiger partial charge in [-0.25, -0.2) is 13.8 Å². The maximum atomic E-state index is 15.0. The lowest BCUT2D eigenvalue weighted by Gasteiger charge is -2.42. The number of nitrogens with two attached hydrogens (primary N) is 2. The van der Waals surface area contributed by atoms with E-state index in [2.05, 4.69) is 62.5 Å². The molecule has 1 saturated heterocycles. The second-order valence-corrected chi connectivity index (χ2v) is 26.2. The van der Waals surface area contributed by atoms with E-state index in [9.17, 15) is 62.1 Å². The zero-order valence-corrected chi connectivity index (χ0v) is 55.2. The number of carbonyl (C=O) groups excluding carboxylic acids is 10. The van der Waals surface area contributed by atoms with E-state index >= 15 is 9.59 Å². The maximum Gasteiger partial charge on any atom is 0.305 e. The molecule has 2 aliphatic rings. The molecule has 1 fully saturated rings. The van der Waals surface area contributed by atoms with Crippen LogP contribution in [0.15, 0.2) is 110 Å². The fourth-order valence-corrected chi connectivity index (χ4v) is 13.4. The molecule has 0 radical (unpaired) electrons. The number of primary amides is 1. The number of H-pyrrole nitrogens is 3. The van der Waals surface area contributed by atoms with E-state index in [0.717, 1.165) is 17.2 Å². The van der Waals surface area contributed by atoms with Crippen LogP contribution in [0.25, 0.3) is 21.8 Å². The summed E-state index contributed by atoms with van der Waals surface area (Å²) in [6.07, 6.45) is 4.21. The zero-order valence-electron chi connectivity index (χ0n) is 53.5. The van der Waals surface area contributed by atoms with Gasteiger partial charge in [0.25, 0.3) is 0 Å². The smallest absolute Gasteiger partial charge is 0.305 e. The van der Waals surface area contributed by atoms with Gasteiger partial charge in [0.05, 0.1) is 25.0 Å². The topological polar surface area (TPSA) is 440 Å². The number of aliphatic carboxylic acids is 1. The van der Waals surface area contributed by atoms with E-state index in [-0.39, 0.29) is 66.8 Å². The van der Waals surface area contributed by atoms with Gasteiger partial charge in [-0.1, -0.05) is 36.4 Å². The fraction of sp³-hybridized carbons (Fsp3) is 0.373. The Morgan fingerprint density at radius 1 is 0.616 bits per heavy atom. The number of hydrogen-bond acceptors (Lipinski definition) is 16. The highest BCUT2D eigenvalue weighted by Gasteiger charge is 2.43. The number of nitrogens with one attached hydrogen (secondary N) is 11. The lowest BCUT2D eigenvalue weighted by molar-refractivity contribution is -0.150. The molecule has 2 aliphatic heterocycles. The van der Waals surface area contributed by atoms with E-state index in [1.807, 2.05) is 24.3 Å². The summed E-state index contributed by atoms with van der Waals surface area (Å²) in [6, 6.07) is 8.83. The minimum atomic E-state index is -2.04. The van der Waals surface area contributed by atoms with Crippen LogP contribution in [0.1, 0.15) is 72.0 Å². The largest absolute Gasteiger partial charge is 0.508 e. The molecule has 28 nitrogen and oxygen atoms in total. The van der Waals surface area contributed by atoms with Crippen molar-refractivity contribution in [2.45, 2.75) is 124 Å². The summed E-state index contributed by atoms with van der Waals surface area (Å²) in [4.78, 5) is 170. The molecule has 8 atom stereocenters. The van der Waals surface area contributed by atoms with Crippen LogP contribution < -0.4 is 54.0 Å². The molecule has 32 heteroatoms. The molecule has 7 aromatic rings. The SMILES string of the molecule is NCCCC[C@@H]1NC(=O)CCSCc2cccc(c2)CSC[C@@H](C(N)=O)NC(=O)[C@@H]2CCN2C(=O)[C@H](Cc2ccc(O)cc2)NC(=O)[C@H](Cc2c[nH]cn2)NC(=O)[C@H](CC(=O)O)NC(=O)[C@H](Cc2c[nH]c3ccc(F)cc23)NC(=O)[C@H](Cc2c[nH]c3ccc(F)cc23)NC(=O)CNC1=O. The average Bonchev–Trinajstić information content (AvgIpc) is 1.70. The van der Waals surface area contributed by atoms with Crippen molar-refractivity contribution in [1.29, 1.82) is 0 Å². The third-order valence-corrected chi connectivity index (χ3v) is 18.9. The Morgan fingerprint density at radius 2 is 1.20 bits per heavy atom. The van der Waals surface area contributed by atoms with Gasteiger partial charge in [0, 0.05) is 102 Å². The highest BCUT2D eigenvalue weighted by molar-refractivity contribution is 7.98. The number of rotatable bonds is 15. The molecular formula is C67H77F2N15O13S2. The van der Waals surface area contributed by atoms with Crippen LogP contribution in [-0.2, 0) is 89.9 Å². The van der Waals surface area contributed by atoms with Crippen LogP contribution in [0.2, 0.25) is 0 Å². The number of aromatic nitrogens is 4. The predicted octanol–water partition coefficient (Wildman–Crippen LogP) is 1.40. The number of carboxylic acid groups (broad SMARTS) is 1. The number of thioether (sulfide) groups is 2. The molecule has 4 aromatic carbocycles. The van der Waals surface area contributed by atoms with E-state index < -0.39 is 151 Å². The molecule has 5 heterocycles. The predicted molar refractivity (Wildman–Crippen MR) is 362 cm³/mol. The number of carbonyl (C=O) groups is 11. The van der Waals surface area contributed by atoms with Gasteiger partial charge < -0.3 is 84.1 Å². The van der Waals surface area contributed by atoms with Gasteiger partial charge in [-0.15, -0.1) is 0 Å². The third kappa shape index (κ3) is 20.6. The normalized spacial score (nSPS) is 22.1. The van der Waals surface area contributed by atoms with Gasteiger partial charge in [-0.05, 0) is 109 Å². The molecule has 10 amide bonds. The van der Waals surface area contributed by atoms with Crippen LogP contribution >= 0.6 is 23.5 Å². The van der Waals surface area contributed by atoms with Gasteiger partial charge in [0.15, 0.2) is 0 Å². The number of benzene rings is 4. The van der Waals surface area contributed by atoms with Gasteiger partial charge in [-0.2, -0.15) is 23.5 Å². The number of carboxylic acids is 1. The molecule has 0 spiro atoms. The highest BCUT2D eigenvalue weighted by Crippen LogP contribution is 2.26.